The minimum absolute atomic E-state index is 0.147. The lowest BCUT2D eigenvalue weighted by Crippen LogP contribution is -2.25. The number of thiophene rings is 1. The lowest BCUT2D eigenvalue weighted by Gasteiger charge is -2.03. The molecule has 0 unspecified atom stereocenters. The second-order valence-corrected chi connectivity index (χ2v) is 5.25. The number of amides is 1. The fourth-order valence-corrected chi connectivity index (χ4v) is 2.59. The molecule has 4 heteroatoms. The Morgan fingerprint density at radius 3 is 2.79 bits per heavy atom. The van der Waals surface area contributed by atoms with Crippen molar-refractivity contribution in [2.45, 2.75) is 6.92 Å². The maximum Gasteiger partial charge on any atom is 0.275 e. The number of carbonyl (C=O) groups excluding carboxylic acids is 1. The van der Waals surface area contributed by atoms with Crippen molar-refractivity contribution in [3.63, 3.8) is 0 Å². The van der Waals surface area contributed by atoms with E-state index in [1.165, 1.54) is 0 Å². The van der Waals surface area contributed by atoms with E-state index in [1.54, 1.807) is 11.3 Å². The van der Waals surface area contributed by atoms with E-state index >= 15 is 0 Å². The molecule has 19 heavy (non-hydrogen) atoms. The summed E-state index contributed by atoms with van der Waals surface area (Å²) in [5.41, 5.74) is 2.52. The highest BCUT2D eigenvalue weighted by Gasteiger charge is 2.21. The summed E-state index contributed by atoms with van der Waals surface area (Å²) >= 11 is 1.59. The molecular weight excluding hydrogens is 256 g/mol. The Labute approximate surface area is 115 Å². The molecule has 0 saturated carbocycles. The first-order valence-electron chi connectivity index (χ1n) is 5.95. The lowest BCUT2D eigenvalue weighted by atomic mass is 10.1. The molecule has 0 atom stereocenters. The zero-order chi connectivity index (χ0) is 13.2. The van der Waals surface area contributed by atoms with Gasteiger partial charge in [-0.15, -0.1) is 11.3 Å². The summed E-state index contributed by atoms with van der Waals surface area (Å²) in [5.74, 6) is 0.484. The molecule has 1 aliphatic heterocycles. The third-order valence-electron chi connectivity index (χ3n) is 2.92. The van der Waals surface area contributed by atoms with Crippen molar-refractivity contribution in [1.29, 1.82) is 0 Å². The second-order valence-electron chi connectivity index (χ2n) is 4.27. The minimum atomic E-state index is -0.147. The monoisotopic (exact) mass is 268 g/mol. The van der Waals surface area contributed by atoms with Crippen LogP contribution >= 0.6 is 11.3 Å². The van der Waals surface area contributed by atoms with Crippen molar-refractivity contribution in [2.75, 3.05) is 0 Å². The van der Waals surface area contributed by atoms with Crippen molar-refractivity contribution in [3.05, 3.63) is 63.5 Å². The van der Waals surface area contributed by atoms with Crippen LogP contribution in [0.4, 0.5) is 0 Å². The number of amidine groups is 1. The average molecular weight is 268 g/mol. The maximum absolute atomic E-state index is 11.9. The van der Waals surface area contributed by atoms with Gasteiger partial charge in [0, 0.05) is 10.4 Å². The second kappa shape index (κ2) is 4.82. The first kappa shape index (κ1) is 11.9. The highest BCUT2D eigenvalue weighted by molar-refractivity contribution is 7.10. The number of aliphatic imine (C=N–C) groups is 1. The number of hydrogen-bond acceptors (Lipinski definition) is 3. The summed E-state index contributed by atoms with van der Waals surface area (Å²) in [7, 11) is 0. The van der Waals surface area contributed by atoms with Crippen molar-refractivity contribution >= 4 is 29.2 Å². The molecule has 2 aromatic rings. The van der Waals surface area contributed by atoms with Gasteiger partial charge >= 0.3 is 0 Å². The summed E-state index contributed by atoms with van der Waals surface area (Å²) in [6.07, 6.45) is 1.81. The number of hydrogen-bond donors (Lipinski definition) is 1. The fraction of sp³-hybridized carbons (Fsp3) is 0.0667. The molecule has 1 N–H and O–H groups in total. The molecule has 1 aromatic carbocycles. The van der Waals surface area contributed by atoms with Gasteiger partial charge in [0.1, 0.15) is 11.5 Å². The van der Waals surface area contributed by atoms with Crippen LogP contribution in [0.3, 0.4) is 0 Å². The molecule has 0 aliphatic carbocycles. The Morgan fingerprint density at radius 2 is 2.05 bits per heavy atom. The van der Waals surface area contributed by atoms with Crippen molar-refractivity contribution in [1.82, 2.24) is 5.32 Å². The Morgan fingerprint density at radius 1 is 1.21 bits per heavy atom. The van der Waals surface area contributed by atoms with Crippen LogP contribution in [0.1, 0.15) is 16.0 Å². The Bertz CT molecular complexity index is 684. The molecule has 2 heterocycles. The number of rotatable bonds is 2. The predicted octanol–water partition coefficient (Wildman–Crippen LogP) is 2.97. The van der Waals surface area contributed by atoms with E-state index in [2.05, 4.69) is 10.3 Å². The van der Waals surface area contributed by atoms with Crippen LogP contribution in [-0.2, 0) is 4.79 Å². The van der Waals surface area contributed by atoms with Gasteiger partial charge in [0.05, 0.1) is 0 Å². The van der Waals surface area contributed by atoms with Gasteiger partial charge in [0.15, 0.2) is 0 Å². The highest BCUT2D eigenvalue weighted by Crippen LogP contribution is 2.19. The zero-order valence-corrected chi connectivity index (χ0v) is 11.2. The van der Waals surface area contributed by atoms with Crippen molar-refractivity contribution < 1.29 is 4.79 Å². The zero-order valence-electron chi connectivity index (χ0n) is 10.4. The van der Waals surface area contributed by atoms with Gasteiger partial charge in [-0.05, 0) is 30.0 Å². The third-order valence-corrected chi connectivity index (χ3v) is 3.74. The van der Waals surface area contributed by atoms with Crippen LogP contribution in [0.25, 0.3) is 6.08 Å². The normalized spacial score (nSPS) is 16.6. The number of nitrogens with zero attached hydrogens (tertiary/aromatic N) is 1. The average Bonchev–Trinajstić information content (AvgIpc) is 3.02. The van der Waals surface area contributed by atoms with E-state index in [0.29, 0.717) is 11.5 Å². The Balaban J connectivity index is 1.98. The van der Waals surface area contributed by atoms with Crippen LogP contribution in [-0.4, -0.2) is 11.7 Å². The number of carbonyl (C=O) groups is 1. The SMILES string of the molecule is Cc1ccccc1C1=N/C(=C/c2cccs2)C(=O)N1. The van der Waals surface area contributed by atoms with Crippen LogP contribution in [0.15, 0.2) is 52.5 Å². The first-order valence-corrected chi connectivity index (χ1v) is 6.83. The molecule has 1 amide bonds. The van der Waals surface area contributed by atoms with Gasteiger partial charge in [0.2, 0.25) is 0 Å². The summed E-state index contributed by atoms with van der Waals surface area (Å²) in [6.45, 7) is 2.00. The van der Waals surface area contributed by atoms with Gasteiger partial charge in [-0.1, -0.05) is 30.3 Å². The highest BCUT2D eigenvalue weighted by atomic mass is 32.1. The summed E-state index contributed by atoms with van der Waals surface area (Å²) in [4.78, 5) is 17.3. The van der Waals surface area contributed by atoms with Crippen LogP contribution < -0.4 is 5.32 Å². The van der Waals surface area contributed by atoms with E-state index in [0.717, 1.165) is 16.0 Å². The molecular formula is C15H12N2OS. The molecule has 94 valence electrons. The van der Waals surface area contributed by atoms with Crippen LogP contribution in [0, 0.1) is 6.92 Å². The minimum Gasteiger partial charge on any atom is -0.305 e. The van der Waals surface area contributed by atoms with Crippen LogP contribution in [0.2, 0.25) is 0 Å². The molecule has 3 nitrogen and oxygen atoms in total. The maximum atomic E-state index is 11.9. The topological polar surface area (TPSA) is 41.5 Å². The number of benzene rings is 1. The Kier molecular flexibility index (Phi) is 3.01. The summed E-state index contributed by atoms with van der Waals surface area (Å²) < 4.78 is 0. The summed E-state index contributed by atoms with van der Waals surface area (Å²) in [6, 6.07) is 11.8. The molecule has 1 aromatic heterocycles. The van der Waals surface area contributed by atoms with Gasteiger partial charge < -0.3 is 5.32 Å². The smallest absolute Gasteiger partial charge is 0.275 e. The molecule has 0 radical (unpaired) electrons. The largest absolute Gasteiger partial charge is 0.305 e. The molecule has 0 bridgehead atoms. The third kappa shape index (κ3) is 2.35. The molecule has 3 rings (SSSR count). The number of nitrogens with one attached hydrogen (secondary N) is 1. The van der Waals surface area contributed by atoms with E-state index in [4.69, 9.17) is 0 Å². The fourth-order valence-electron chi connectivity index (χ4n) is 1.94. The van der Waals surface area contributed by atoms with Crippen molar-refractivity contribution in [2.24, 2.45) is 4.99 Å². The number of aryl methyl sites for hydroxylation is 1. The van der Waals surface area contributed by atoms with Gasteiger partial charge in [-0.2, -0.15) is 0 Å². The van der Waals surface area contributed by atoms with Gasteiger partial charge in [-0.3, -0.25) is 4.79 Å². The molecule has 0 saturated heterocycles. The first-order chi connectivity index (χ1) is 9.24. The standard InChI is InChI=1S/C15H12N2OS/c1-10-5-2-3-7-12(10)14-16-13(15(18)17-14)9-11-6-4-8-19-11/h2-9H,1H3,(H,16,17,18)/b13-9+. The molecule has 0 spiro atoms. The van der Waals surface area contributed by atoms with E-state index < -0.39 is 0 Å². The van der Waals surface area contributed by atoms with Gasteiger partial charge in [-0.25, -0.2) is 4.99 Å². The molecule has 0 fully saturated rings. The van der Waals surface area contributed by atoms with Crippen LogP contribution in [0.5, 0.6) is 0 Å². The van der Waals surface area contributed by atoms with Crippen molar-refractivity contribution in [3.8, 4) is 0 Å². The van der Waals surface area contributed by atoms with Gasteiger partial charge in [0.25, 0.3) is 5.91 Å². The quantitative estimate of drug-likeness (QED) is 0.836. The van der Waals surface area contributed by atoms with E-state index in [-0.39, 0.29) is 5.91 Å². The lowest BCUT2D eigenvalue weighted by molar-refractivity contribution is -0.115. The molecule has 1 aliphatic rings. The van der Waals surface area contributed by atoms with E-state index in [1.807, 2.05) is 54.8 Å². The summed E-state index contributed by atoms with van der Waals surface area (Å²) in [5, 5.41) is 4.80. The Hall–Kier alpha value is -2.20. The predicted molar refractivity (Wildman–Crippen MR) is 78.2 cm³/mol. The van der Waals surface area contributed by atoms with E-state index in [9.17, 15) is 4.79 Å².